The number of hydrogen-bond donors (Lipinski definition) is 1. The van der Waals surface area contributed by atoms with E-state index in [0.29, 0.717) is 0 Å². The average Bonchev–Trinajstić information content (AvgIpc) is 2.74. The maximum Gasteiger partial charge on any atom is 0.137 e. The Morgan fingerprint density at radius 3 is 2.94 bits per heavy atom. The second-order valence-corrected chi connectivity index (χ2v) is 3.99. The molecule has 0 aliphatic carbocycles. The van der Waals surface area contributed by atoms with E-state index in [1.54, 1.807) is 13.4 Å². The number of rotatable bonds is 4. The molecule has 0 fully saturated rings. The van der Waals surface area contributed by atoms with Gasteiger partial charge in [-0.15, -0.1) is 0 Å². The van der Waals surface area contributed by atoms with Crippen LogP contribution in [0, 0.1) is 0 Å². The molecular weight excluding hydrogens is 202 g/mol. The number of hydrogen-bond acceptors (Lipinski definition) is 3. The third-order valence-corrected chi connectivity index (χ3v) is 2.86. The van der Waals surface area contributed by atoms with Gasteiger partial charge >= 0.3 is 0 Å². The standard InChI is InChI=1S/C13H17NO2/c1-3-11(14)7-10-6-9-4-5-16-13(9)8-12(10)15-2/h4-6,8,11H,3,7,14H2,1-2H3. The molecule has 0 saturated heterocycles. The van der Waals surface area contributed by atoms with Gasteiger partial charge in [-0.3, -0.25) is 0 Å². The van der Waals surface area contributed by atoms with Crippen molar-refractivity contribution in [3.63, 3.8) is 0 Å². The first kappa shape index (κ1) is 11.0. The predicted octanol–water partition coefficient (Wildman–Crippen LogP) is 2.72. The van der Waals surface area contributed by atoms with E-state index in [4.69, 9.17) is 14.9 Å². The topological polar surface area (TPSA) is 48.4 Å². The summed E-state index contributed by atoms with van der Waals surface area (Å²) < 4.78 is 10.7. The van der Waals surface area contributed by atoms with Gasteiger partial charge in [0.2, 0.25) is 0 Å². The summed E-state index contributed by atoms with van der Waals surface area (Å²) in [6, 6.07) is 6.15. The van der Waals surface area contributed by atoms with Crippen LogP contribution in [0.15, 0.2) is 28.9 Å². The molecule has 1 aromatic heterocycles. The van der Waals surface area contributed by atoms with Crippen LogP contribution in [0.4, 0.5) is 0 Å². The molecule has 2 rings (SSSR count). The van der Waals surface area contributed by atoms with Gasteiger partial charge in [0, 0.05) is 17.5 Å². The number of fused-ring (bicyclic) bond motifs is 1. The molecule has 1 aromatic carbocycles. The van der Waals surface area contributed by atoms with Gasteiger partial charge in [0.15, 0.2) is 0 Å². The average molecular weight is 219 g/mol. The number of methoxy groups -OCH3 is 1. The van der Waals surface area contributed by atoms with Gasteiger partial charge in [-0.25, -0.2) is 0 Å². The normalized spacial score (nSPS) is 12.9. The molecule has 86 valence electrons. The van der Waals surface area contributed by atoms with Gasteiger partial charge in [-0.2, -0.15) is 0 Å². The van der Waals surface area contributed by atoms with Gasteiger partial charge in [-0.1, -0.05) is 6.92 Å². The molecule has 2 N–H and O–H groups in total. The molecule has 3 nitrogen and oxygen atoms in total. The van der Waals surface area contributed by atoms with Crippen LogP contribution in [0.25, 0.3) is 11.0 Å². The Kier molecular flexibility index (Phi) is 3.15. The molecule has 1 unspecified atom stereocenters. The third-order valence-electron chi connectivity index (χ3n) is 2.86. The summed E-state index contributed by atoms with van der Waals surface area (Å²) >= 11 is 0. The molecule has 0 amide bonds. The highest BCUT2D eigenvalue weighted by molar-refractivity contribution is 5.80. The molecule has 0 spiro atoms. The predicted molar refractivity (Wildman–Crippen MR) is 64.7 cm³/mol. The van der Waals surface area contributed by atoms with E-state index in [9.17, 15) is 0 Å². The molecule has 1 heterocycles. The molecule has 0 aliphatic rings. The van der Waals surface area contributed by atoms with E-state index in [1.807, 2.05) is 12.1 Å². The van der Waals surface area contributed by atoms with Crippen LogP contribution in [0.2, 0.25) is 0 Å². The quantitative estimate of drug-likeness (QED) is 0.860. The molecule has 16 heavy (non-hydrogen) atoms. The summed E-state index contributed by atoms with van der Waals surface area (Å²) in [7, 11) is 1.67. The maximum atomic E-state index is 5.97. The van der Waals surface area contributed by atoms with Crippen molar-refractivity contribution in [3.8, 4) is 5.75 Å². The fraction of sp³-hybridized carbons (Fsp3) is 0.385. The second-order valence-electron chi connectivity index (χ2n) is 3.99. The summed E-state index contributed by atoms with van der Waals surface area (Å²) in [5.41, 5.74) is 7.97. The van der Waals surface area contributed by atoms with Crippen molar-refractivity contribution in [2.75, 3.05) is 7.11 Å². The Balaban J connectivity index is 2.40. The Bertz CT molecular complexity index is 476. The van der Waals surface area contributed by atoms with Crippen molar-refractivity contribution in [1.82, 2.24) is 0 Å². The van der Waals surface area contributed by atoms with Crippen molar-refractivity contribution in [2.45, 2.75) is 25.8 Å². The van der Waals surface area contributed by atoms with Crippen molar-refractivity contribution in [1.29, 1.82) is 0 Å². The molecule has 0 aliphatic heterocycles. The zero-order valence-corrected chi connectivity index (χ0v) is 9.69. The van der Waals surface area contributed by atoms with Gasteiger partial charge in [0.05, 0.1) is 13.4 Å². The Hall–Kier alpha value is -1.48. The molecule has 0 radical (unpaired) electrons. The fourth-order valence-corrected chi connectivity index (χ4v) is 1.81. The zero-order valence-electron chi connectivity index (χ0n) is 9.69. The summed E-state index contributed by atoms with van der Waals surface area (Å²) in [5, 5.41) is 1.10. The largest absolute Gasteiger partial charge is 0.496 e. The molecule has 2 aromatic rings. The number of nitrogens with two attached hydrogens (primary N) is 1. The van der Waals surface area contributed by atoms with E-state index < -0.39 is 0 Å². The van der Waals surface area contributed by atoms with Crippen LogP contribution in [-0.2, 0) is 6.42 Å². The van der Waals surface area contributed by atoms with Crippen molar-refractivity contribution >= 4 is 11.0 Å². The molecular formula is C13H17NO2. The van der Waals surface area contributed by atoms with Gasteiger partial charge < -0.3 is 14.9 Å². The summed E-state index contributed by atoms with van der Waals surface area (Å²) in [4.78, 5) is 0. The molecule has 3 heteroatoms. The highest BCUT2D eigenvalue weighted by atomic mass is 16.5. The van der Waals surface area contributed by atoms with Crippen LogP contribution in [0.5, 0.6) is 5.75 Å². The molecule has 0 bridgehead atoms. The Morgan fingerprint density at radius 2 is 2.25 bits per heavy atom. The van der Waals surface area contributed by atoms with Crippen LogP contribution in [-0.4, -0.2) is 13.2 Å². The van der Waals surface area contributed by atoms with E-state index >= 15 is 0 Å². The van der Waals surface area contributed by atoms with Crippen LogP contribution >= 0.6 is 0 Å². The number of ether oxygens (including phenoxy) is 1. The smallest absolute Gasteiger partial charge is 0.137 e. The van der Waals surface area contributed by atoms with Crippen LogP contribution in [0.3, 0.4) is 0 Å². The minimum absolute atomic E-state index is 0.179. The lowest BCUT2D eigenvalue weighted by molar-refractivity contribution is 0.407. The molecule has 1 atom stereocenters. The first-order chi connectivity index (χ1) is 7.74. The highest BCUT2D eigenvalue weighted by Crippen LogP contribution is 2.27. The minimum atomic E-state index is 0.179. The van der Waals surface area contributed by atoms with Gasteiger partial charge in [0.25, 0.3) is 0 Å². The Labute approximate surface area is 95.2 Å². The van der Waals surface area contributed by atoms with E-state index in [1.165, 1.54) is 0 Å². The molecule has 0 saturated carbocycles. The SMILES string of the molecule is CCC(N)Cc1cc2ccoc2cc1OC. The first-order valence-electron chi connectivity index (χ1n) is 5.54. The lowest BCUT2D eigenvalue weighted by atomic mass is 10.0. The number of benzene rings is 1. The summed E-state index contributed by atoms with van der Waals surface area (Å²) in [5.74, 6) is 0.853. The number of furan rings is 1. The van der Waals surface area contributed by atoms with Crippen molar-refractivity contribution in [3.05, 3.63) is 30.0 Å². The van der Waals surface area contributed by atoms with Crippen LogP contribution < -0.4 is 10.5 Å². The van der Waals surface area contributed by atoms with Crippen LogP contribution in [0.1, 0.15) is 18.9 Å². The minimum Gasteiger partial charge on any atom is -0.496 e. The Morgan fingerprint density at radius 1 is 1.44 bits per heavy atom. The fourth-order valence-electron chi connectivity index (χ4n) is 1.81. The lowest BCUT2D eigenvalue weighted by Crippen LogP contribution is -2.21. The first-order valence-corrected chi connectivity index (χ1v) is 5.54. The maximum absolute atomic E-state index is 5.97. The highest BCUT2D eigenvalue weighted by Gasteiger charge is 2.10. The van der Waals surface area contributed by atoms with E-state index in [0.717, 1.165) is 35.1 Å². The summed E-state index contributed by atoms with van der Waals surface area (Å²) in [6.45, 7) is 2.09. The lowest BCUT2D eigenvalue weighted by Gasteiger charge is -2.12. The van der Waals surface area contributed by atoms with Gasteiger partial charge in [0.1, 0.15) is 11.3 Å². The van der Waals surface area contributed by atoms with Crippen molar-refractivity contribution in [2.24, 2.45) is 5.73 Å². The van der Waals surface area contributed by atoms with Gasteiger partial charge in [-0.05, 0) is 30.5 Å². The third kappa shape index (κ3) is 2.04. The van der Waals surface area contributed by atoms with E-state index in [2.05, 4.69) is 13.0 Å². The zero-order chi connectivity index (χ0) is 11.5. The van der Waals surface area contributed by atoms with Crippen molar-refractivity contribution < 1.29 is 9.15 Å². The monoisotopic (exact) mass is 219 g/mol. The summed E-state index contributed by atoms with van der Waals surface area (Å²) in [6.07, 6.45) is 3.49. The second kappa shape index (κ2) is 4.58. The van der Waals surface area contributed by atoms with E-state index in [-0.39, 0.29) is 6.04 Å².